The highest BCUT2D eigenvalue weighted by Gasteiger charge is 2.26. The summed E-state index contributed by atoms with van der Waals surface area (Å²) in [4.78, 5) is 16.4. The van der Waals surface area contributed by atoms with Gasteiger partial charge in [-0.3, -0.25) is 4.79 Å². The summed E-state index contributed by atoms with van der Waals surface area (Å²) < 4.78 is 29.5. The third-order valence-electron chi connectivity index (χ3n) is 5.62. The molecule has 0 bridgehead atoms. The summed E-state index contributed by atoms with van der Waals surface area (Å²) in [5.74, 6) is -0.348. The van der Waals surface area contributed by atoms with Crippen LogP contribution in [0, 0.1) is 0 Å². The van der Waals surface area contributed by atoms with Crippen molar-refractivity contribution in [2.45, 2.75) is 30.2 Å². The van der Waals surface area contributed by atoms with Gasteiger partial charge >= 0.3 is 0 Å². The van der Waals surface area contributed by atoms with Crippen molar-refractivity contribution in [2.24, 2.45) is 0 Å². The molecule has 1 amide bonds. The molecular weight excluding hydrogens is 514 g/mol. The Labute approximate surface area is 208 Å². The minimum absolute atomic E-state index is 0.108. The van der Waals surface area contributed by atoms with Gasteiger partial charge in [0, 0.05) is 28.1 Å². The average molecular weight is 540 g/mol. The van der Waals surface area contributed by atoms with E-state index in [0.29, 0.717) is 6.54 Å². The van der Waals surface area contributed by atoms with Crippen LogP contribution in [0.2, 0.25) is 0 Å². The predicted molar refractivity (Wildman–Crippen MR) is 138 cm³/mol. The van der Waals surface area contributed by atoms with Gasteiger partial charge in [-0.1, -0.05) is 64.5 Å². The Kier molecular flexibility index (Phi) is 7.82. The van der Waals surface area contributed by atoms with E-state index in [4.69, 9.17) is 0 Å². The van der Waals surface area contributed by atoms with Crippen molar-refractivity contribution in [3.05, 3.63) is 101 Å². The normalized spacial score (nSPS) is 12.5. The highest BCUT2D eigenvalue weighted by Crippen LogP contribution is 2.20. The molecule has 0 radical (unpaired) electrons. The summed E-state index contributed by atoms with van der Waals surface area (Å²) in [6, 6.07) is 23.2. The maximum Gasteiger partial charge on any atom is 0.241 e. The molecule has 1 heterocycles. The molecule has 0 saturated heterocycles. The molecule has 6 nitrogen and oxygen atoms in total. The quantitative estimate of drug-likeness (QED) is 0.258. The number of sulfonamides is 1. The van der Waals surface area contributed by atoms with Crippen LogP contribution < -0.4 is 10.0 Å². The number of amides is 1. The Morgan fingerprint density at radius 2 is 1.65 bits per heavy atom. The van der Waals surface area contributed by atoms with Crippen LogP contribution in [0.3, 0.4) is 0 Å². The lowest BCUT2D eigenvalue weighted by molar-refractivity contribution is -0.122. The average Bonchev–Trinajstić information content (AvgIpc) is 3.25. The standard InChI is InChI=1S/C26H26BrN3O3S/c27-21-12-14-22(15-13-21)34(32,33)30-25(17-20-18-29-24-11-5-4-10-23(20)24)26(31)28-16-6-9-19-7-2-1-3-8-19/h1-5,7-8,10-15,18,25,29-30H,6,9,16-17H2,(H,28,31)/t25-/m0/s1. The van der Waals surface area contributed by atoms with Crippen molar-refractivity contribution in [1.82, 2.24) is 15.0 Å². The van der Waals surface area contributed by atoms with Crippen LogP contribution in [-0.4, -0.2) is 31.9 Å². The van der Waals surface area contributed by atoms with Gasteiger partial charge in [0.05, 0.1) is 4.90 Å². The van der Waals surface area contributed by atoms with Gasteiger partial charge in [-0.2, -0.15) is 4.72 Å². The van der Waals surface area contributed by atoms with Crippen LogP contribution >= 0.6 is 15.9 Å². The summed E-state index contributed by atoms with van der Waals surface area (Å²) in [6.45, 7) is 0.456. The van der Waals surface area contributed by atoms with E-state index in [1.165, 1.54) is 17.7 Å². The lowest BCUT2D eigenvalue weighted by Crippen LogP contribution is -2.48. The molecule has 1 aromatic heterocycles. The van der Waals surface area contributed by atoms with Crippen LogP contribution in [-0.2, 0) is 27.7 Å². The van der Waals surface area contributed by atoms with E-state index in [1.807, 2.05) is 60.8 Å². The Hall–Kier alpha value is -2.94. The van der Waals surface area contributed by atoms with E-state index in [2.05, 4.69) is 31.0 Å². The lowest BCUT2D eigenvalue weighted by Gasteiger charge is -2.19. The molecule has 176 valence electrons. The number of aryl methyl sites for hydroxylation is 1. The maximum absolute atomic E-state index is 13.1. The number of fused-ring (bicyclic) bond motifs is 1. The summed E-state index contributed by atoms with van der Waals surface area (Å²) in [7, 11) is -3.89. The number of halogens is 1. The van der Waals surface area contributed by atoms with E-state index in [-0.39, 0.29) is 17.2 Å². The zero-order valence-corrected chi connectivity index (χ0v) is 20.9. The molecule has 0 aliphatic rings. The third kappa shape index (κ3) is 6.14. The summed E-state index contributed by atoms with van der Waals surface area (Å²) in [5, 5.41) is 3.88. The number of para-hydroxylation sites is 1. The first-order valence-electron chi connectivity index (χ1n) is 11.1. The molecule has 34 heavy (non-hydrogen) atoms. The molecule has 1 atom stereocenters. The van der Waals surface area contributed by atoms with Gasteiger partial charge in [0.1, 0.15) is 6.04 Å². The molecule has 0 spiro atoms. The summed E-state index contributed by atoms with van der Waals surface area (Å²) in [5.41, 5.74) is 3.01. The number of H-pyrrole nitrogens is 1. The molecular formula is C26H26BrN3O3S. The SMILES string of the molecule is O=C(NCCCc1ccccc1)[C@H](Cc1c[nH]c2ccccc12)NS(=O)(=O)c1ccc(Br)cc1. The number of carbonyl (C=O) groups excluding carboxylic acids is 1. The van der Waals surface area contributed by atoms with Gasteiger partial charge in [0.15, 0.2) is 0 Å². The van der Waals surface area contributed by atoms with Gasteiger partial charge in [-0.25, -0.2) is 8.42 Å². The van der Waals surface area contributed by atoms with Crippen LogP contribution in [0.4, 0.5) is 0 Å². The Bertz CT molecular complexity index is 1350. The topological polar surface area (TPSA) is 91.1 Å². The zero-order chi connectivity index (χ0) is 24.0. The summed E-state index contributed by atoms with van der Waals surface area (Å²) in [6.07, 6.45) is 3.65. The molecule has 0 aliphatic carbocycles. The number of hydrogen-bond donors (Lipinski definition) is 3. The van der Waals surface area contributed by atoms with Crippen LogP contribution in [0.5, 0.6) is 0 Å². The monoisotopic (exact) mass is 539 g/mol. The van der Waals surface area contributed by atoms with Crippen molar-refractivity contribution in [2.75, 3.05) is 6.54 Å². The highest BCUT2D eigenvalue weighted by molar-refractivity contribution is 9.10. The molecule has 4 aromatic rings. The van der Waals surface area contributed by atoms with Gasteiger partial charge in [-0.05, 0) is 60.7 Å². The first-order chi connectivity index (χ1) is 16.4. The fourth-order valence-corrected chi connectivity index (χ4v) is 5.31. The number of nitrogens with one attached hydrogen (secondary N) is 3. The van der Waals surface area contributed by atoms with Gasteiger partial charge in [0.25, 0.3) is 0 Å². The molecule has 8 heteroatoms. The van der Waals surface area contributed by atoms with Crippen LogP contribution in [0.15, 0.2) is 94.4 Å². The van der Waals surface area contributed by atoms with E-state index >= 15 is 0 Å². The van der Waals surface area contributed by atoms with E-state index < -0.39 is 16.1 Å². The van der Waals surface area contributed by atoms with Crippen molar-refractivity contribution >= 4 is 42.8 Å². The van der Waals surface area contributed by atoms with Crippen molar-refractivity contribution in [3.8, 4) is 0 Å². The minimum Gasteiger partial charge on any atom is -0.361 e. The first-order valence-corrected chi connectivity index (χ1v) is 13.3. The van der Waals surface area contributed by atoms with Crippen molar-refractivity contribution < 1.29 is 13.2 Å². The number of hydrogen-bond acceptors (Lipinski definition) is 3. The fourth-order valence-electron chi connectivity index (χ4n) is 3.85. The van der Waals surface area contributed by atoms with Crippen molar-refractivity contribution in [1.29, 1.82) is 0 Å². The predicted octanol–water partition coefficient (Wildman–Crippen LogP) is 4.57. The number of rotatable bonds is 10. The first kappa shape index (κ1) is 24.2. The third-order valence-corrected chi connectivity index (χ3v) is 7.64. The van der Waals surface area contributed by atoms with Crippen molar-refractivity contribution in [3.63, 3.8) is 0 Å². The largest absolute Gasteiger partial charge is 0.361 e. The second-order valence-electron chi connectivity index (χ2n) is 8.07. The van der Waals surface area contributed by atoms with Crippen LogP contribution in [0.25, 0.3) is 10.9 Å². The summed E-state index contributed by atoms with van der Waals surface area (Å²) >= 11 is 3.32. The van der Waals surface area contributed by atoms with E-state index in [0.717, 1.165) is 33.8 Å². The molecule has 0 saturated carbocycles. The number of carbonyl (C=O) groups is 1. The molecule has 0 fully saturated rings. The lowest BCUT2D eigenvalue weighted by atomic mass is 10.0. The Morgan fingerprint density at radius 3 is 2.41 bits per heavy atom. The zero-order valence-electron chi connectivity index (χ0n) is 18.5. The second-order valence-corrected chi connectivity index (χ2v) is 10.7. The van der Waals surface area contributed by atoms with Gasteiger partial charge < -0.3 is 10.3 Å². The van der Waals surface area contributed by atoms with Gasteiger partial charge in [-0.15, -0.1) is 0 Å². The molecule has 3 aromatic carbocycles. The Balaban J connectivity index is 1.49. The van der Waals surface area contributed by atoms with E-state index in [9.17, 15) is 13.2 Å². The smallest absolute Gasteiger partial charge is 0.241 e. The number of aromatic nitrogens is 1. The van der Waals surface area contributed by atoms with Crippen LogP contribution in [0.1, 0.15) is 17.5 Å². The Morgan fingerprint density at radius 1 is 0.941 bits per heavy atom. The maximum atomic E-state index is 13.1. The van der Waals surface area contributed by atoms with E-state index in [1.54, 1.807) is 12.1 Å². The minimum atomic E-state index is -3.89. The molecule has 0 unspecified atom stereocenters. The van der Waals surface area contributed by atoms with Gasteiger partial charge in [0.2, 0.25) is 15.9 Å². The number of benzene rings is 3. The second kappa shape index (κ2) is 11.0. The fraction of sp³-hybridized carbons (Fsp3) is 0.192. The molecule has 3 N–H and O–H groups in total. The number of aromatic amines is 1. The molecule has 4 rings (SSSR count). The molecule has 0 aliphatic heterocycles. The highest BCUT2D eigenvalue weighted by atomic mass is 79.9.